The minimum Gasteiger partial charge on any atom is -0.363 e. The van der Waals surface area contributed by atoms with Crippen LogP contribution < -0.4 is 4.90 Å². The monoisotopic (exact) mass is 385 g/mol. The van der Waals surface area contributed by atoms with Gasteiger partial charge >= 0.3 is 0 Å². The third-order valence-electron chi connectivity index (χ3n) is 6.40. The van der Waals surface area contributed by atoms with Gasteiger partial charge in [-0.25, -0.2) is 0 Å². The molecule has 0 bridgehead atoms. The Kier molecular flexibility index (Phi) is 5.97. The number of carbonyl (C=O) groups is 2. The highest BCUT2D eigenvalue weighted by atomic mass is 16.5. The van der Waals surface area contributed by atoms with Gasteiger partial charge in [0.15, 0.2) is 0 Å². The number of nitrogens with zero attached hydrogens (tertiary/aromatic N) is 3. The van der Waals surface area contributed by atoms with Crippen LogP contribution >= 0.6 is 0 Å². The number of anilines is 1. The third-order valence-corrected chi connectivity index (χ3v) is 6.40. The predicted octanol–water partition coefficient (Wildman–Crippen LogP) is 2.29. The first kappa shape index (κ1) is 19.4. The van der Waals surface area contributed by atoms with Crippen molar-refractivity contribution >= 4 is 17.5 Å². The minimum atomic E-state index is -0.330. The number of para-hydroxylation sites is 1. The number of morpholine rings is 1. The molecule has 28 heavy (non-hydrogen) atoms. The van der Waals surface area contributed by atoms with Gasteiger partial charge in [-0.15, -0.1) is 0 Å². The summed E-state index contributed by atoms with van der Waals surface area (Å²) in [6.45, 7) is 4.75. The summed E-state index contributed by atoms with van der Waals surface area (Å²) in [5.74, 6) is 0.250. The van der Waals surface area contributed by atoms with Crippen LogP contribution in [-0.4, -0.2) is 73.1 Å². The number of hydrogen-bond acceptors (Lipinski definition) is 4. The van der Waals surface area contributed by atoms with E-state index >= 15 is 0 Å². The lowest BCUT2D eigenvalue weighted by Crippen LogP contribution is -2.60. The Morgan fingerprint density at radius 3 is 2.32 bits per heavy atom. The highest BCUT2D eigenvalue weighted by Crippen LogP contribution is 2.32. The first-order chi connectivity index (χ1) is 13.7. The fourth-order valence-corrected chi connectivity index (χ4v) is 4.61. The molecule has 3 heterocycles. The summed E-state index contributed by atoms with van der Waals surface area (Å²) >= 11 is 0. The van der Waals surface area contributed by atoms with Crippen LogP contribution in [0.15, 0.2) is 30.3 Å². The van der Waals surface area contributed by atoms with Crippen molar-refractivity contribution in [3.63, 3.8) is 0 Å². The van der Waals surface area contributed by atoms with Gasteiger partial charge in [0, 0.05) is 18.8 Å². The Morgan fingerprint density at radius 1 is 0.964 bits per heavy atom. The van der Waals surface area contributed by atoms with Crippen LogP contribution in [0.25, 0.3) is 0 Å². The number of amides is 2. The van der Waals surface area contributed by atoms with Crippen LogP contribution in [0.4, 0.5) is 5.69 Å². The van der Waals surface area contributed by atoms with Crippen molar-refractivity contribution in [2.45, 2.75) is 44.1 Å². The average Bonchev–Trinajstić information content (AvgIpc) is 3.00. The van der Waals surface area contributed by atoms with E-state index in [1.165, 1.54) is 25.7 Å². The van der Waals surface area contributed by atoms with Gasteiger partial charge in [0.25, 0.3) is 5.91 Å². The predicted molar refractivity (Wildman–Crippen MR) is 108 cm³/mol. The van der Waals surface area contributed by atoms with Crippen LogP contribution in [0.2, 0.25) is 0 Å². The number of rotatable bonds is 3. The van der Waals surface area contributed by atoms with Crippen molar-refractivity contribution in [2.75, 3.05) is 50.8 Å². The fourth-order valence-electron chi connectivity index (χ4n) is 4.61. The van der Waals surface area contributed by atoms with Crippen molar-refractivity contribution in [3.8, 4) is 0 Å². The highest BCUT2D eigenvalue weighted by molar-refractivity contribution is 5.95. The molecule has 0 N–H and O–H groups in total. The zero-order valence-electron chi connectivity index (χ0n) is 16.6. The van der Waals surface area contributed by atoms with Crippen molar-refractivity contribution < 1.29 is 14.3 Å². The van der Waals surface area contributed by atoms with Crippen molar-refractivity contribution in [1.29, 1.82) is 0 Å². The number of ether oxygens (including phenoxy) is 1. The lowest BCUT2D eigenvalue weighted by Gasteiger charge is -2.47. The first-order valence-electron chi connectivity index (χ1n) is 10.6. The van der Waals surface area contributed by atoms with Gasteiger partial charge in [-0.05, 0) is 50.9 Å². The number of benzene rings is 1. The molecule has 1 aromatic rings. The number of piperidine rings is 1. The van der Waals surface area contributed by atoms with E-state index in [9.17, 15) is 9.59 Å². The topological polar surface area (TPSA) is 53.1 Å². The second-order valence-corrected chi connectivity index (χ2v) is 8.36. The van der Waals surface area contributed by atoms with Crippen molar-refractivity contribution in [2.24, 2.45) is 0 Å². The molecule has 6 nitrogen and oxygen atoms in total. The summed E-state index contributed by atoms with van der Waals surface area (Å²) in [7, 11) is 0. The lowest BCUT2D eigenvalue weighted by molar-refractivity contribution is -0.150. The Balaban J connectivity index is 1.33. The fraction of sp³-hybridized carbons (Fsp3) is 0.636. The van der Waals surface area contributed by atoms with Crippen LogP contribution in [0.1, 0.15) is 38.5 Å². The molecule has 2 amide bonds. The molecule has 0 saturated carbocycles. The van der Waals surface area contributed by atoms with Gasteiger partial charge < -0.3 is 14.5 Å². The Hall–Kier alpha value is -1.92. The smallest absolute Gasteiger partial charge is 0.253 e. The average molecular weight is 386 g/mol. The molecule has 0 atom stereocenters. The molecule has 152 valence electrons. The standard InChI is InChI=1S/C22H31N3O3/c26-20(16-23-12-6-1-2-7-13-23)24-14-10-22(11-15-24)18-25(21(27)17-28-22)19-8-4-3-5-9-19/h3-5,8-9H,1-2,6-7,10-18H2. The maximum Gasteiger partial charge on any atom is 0.253 e. The number of carbonyl (C=O) groups excluding carboxylic acids is 2. The zero-order chi connectivity index (χ0) is 19.4. The minimum absolute atomic E-state index is 0.0106. The second-order valence-electron chi connectivity index (χ2n) is 8.36. The van der Waals surface area contributed by atoms with Gasteiger partial charge in [-0.3, -0.25) is 14.5 Å². The van der Waals surface area contributed by atoms with Gasteiger partial charge in [0.05, 0.1) is 18.7 Å². The van der Waals surface area contributed by atoms with E-state index in [0.717, 1.165) is 31.6 Å². The van der Waals surface area contributed by atoms with E-state index in [2.05, 4.69) is 4.90 Å². The summed E-state index contributed by atoms with van der Waals surface area (Å²) in [5, 5.41) is 0. The van der Waals surface area contributed by atoms with Crippen LogP contribution in [-0.2, 0) is 14.3 Å². The molecule has 1 aromatic carbocycles. The highest BCUT2D eigenvalue weighted by Gasteiger charge is 2.43. The van der Waals surface area contributed by atoms with E-state index in [1.807, 2.05) is 40.1 Å². The maximum absolute atomic E-state index is 12.8. The molecule has 3 aliphatic heterocycles. The molecular weight excluding hydrogens is 354 g/mol. The van der Waals surface area contributed by atoms with E-state index < -0.39 is 0 Å². The largest absolute Gasteiger partial charge is 0.363 e. The third kappa shape index (κ3) is 4.39. The Bertz CT molecular complexity index is 678. The van der Waals surface area contributed by atoms with Gasteiger partial charge in [0.2, 0.25) is 5.91 Å². The van der Waals surface area contributed by atoms with Crippen LogP contribution in [0, 0.1) is 0 Å². The molecule has 4 rings (SSSR count). The summed E-state index contributed by atoms with van der Waals surface area (Å²) in [4.78, 5) is 31.3. The zero-order valence-corrected chi connectivity index (χ0v) is 16.6. The van der Waals surface area contributed by atoms with Gasteiger partial charge in [0.1, 0.15) is 6.61 Å². The second kappa shape index (κ2) is 8.62. The molecule has 3 fully saturated rings. The maximum atomic E-state index is 12.8. The Morgan fingerprint density at radius 2 is 1.64 bits per heavy atom. The molecule has 6 heteroatoms. The molecular formula is C22H31N3O3. The molecule has 1 spiro atoms. The van der Waals surface area contributed by atoms with Crippen molar-refractivity contribution in [1.82, 2.24) is 9.80 Å². The molecule has 3 aliphatic rings. The van der Waals surface area contributed by atoms with E-state index in [1.54, 1.807) is 0 Å². The van der Waals surface area contributed by atoms with E-state index in [-0.39, 0.29) is 24.0 Å². The molecule has 0 aromatic heterocycles. The molecule has 0 unspecified atom stereocenters. The first-order valence-corrected chi connectivity index (χ1v) is 10.6. The van der Waals surface area contributed by atoms with Gasteiger partial charge in [-0.2, -0.15) is 0 Å². The van der Waals surface area contributed by atoms with E-state index in [0.29, 0.717) is 26.2 Å². The number of hydrogen-bond donors (Lipinski definition) is 0. The quantitative estimate of drug-likeness (QED) is 0.801. The normalized spacial score (nSPS) is 23.6. The van der Waals surface area contributed by atoms with E-state index in [4.69, 9.17) is 4.74 Å². The molecule has 0 radical (unpaired) electrons. The Labute approximate surface area is 167 Å². The lowest BCUT2D eigenvalue weighted by atomic mass is 9.89. The molecule has 0 aliphatic carbocycles. The van der Waals surface area contributed by atoms with Crippen LogP contribution in [0.5, 0.6) is 0 Å². The number of likely N-dealkylation sites (tertiary alicyclic amines) is 2. The van der Waals surface area contributed by atoms with Gasteiger partial charge in [-0.1, -0.05) is 31.0 Å². The molecule has 3 saturated heterocycles. The van der Waals surface area contributed by atoms with Crippen LogP contribution in [0.3, 0.4) is 0 Å². The summed E-state index contributed by atoms with van der Waals surface area (Å²) in [6, 6.07) is 9.80. The summed E-state index contributed by atoms with van der Waals surface area (Å²) < 4.78 is 6.03. The summed E-state index contributed by atoms with van der Waals surface area (Å²) in [5.41, 5.74) is 0.596. The summed E-state index contributed by atoms with van der Waals surface area (Å²) in [6.07, 6.45) is 6.54. The SMILES string of the molecule is O=C(CN1CCCCCC1)N1CCC2(CC1)CN(c1ccccc1)C(=O)CO2. The van der Waals surface area contributed by atoms with Crippen molar-refractivity contribution in [3.05, 3.63) is 30.3 Å².